The van der Waals surface area contributed by atoms with E-state index in [1.165, 1.54) is 0 Å². The van der Waals surface area contributed by atoms with Crippen molar-refractivity contribution in [1.82, 2.24) is 0 Å². The van der Waals surface area contributed by atoms with E-state index in [-0.39, 0.29) is 0 Å². The summed E-state index contributed by atoms with van der Waals surface area (Å²) in [5.41, 5.74) is 2.19. The summed E-state index contributed by atoms with van der Waals surface area (Å²) >= 11 is 0. The zero-order chi connectivity index (χ0) is 9.14. The molecule has 0 unspecified atom stereocenters. The molecule has 0 aliphatic rings. The van der Waals surface area contributed by atoms with Crippen molar-refractivity contribution in [2.75, 3.05) is 0 Å². The Morgan fingerprint density at radius 2 is 2.25 bits per heavy atom. The standard InChI is InChI=1S/C10H11O2/c1-3-8-5-4-6-9(7(8)2)10(11)12/h4-6H,1,3H2,2H3,(H,11,12). The van der Waals surface area contributed by atoms with Crippen LogP contribution in [0.2, 0.25) is 0 Å². The number of carbonyl (C=O) groups is 1. The number of benzene rings is 1. The fourth-order valence-corrected chi connectivity index (χ4v) is 1.19. The minimum Gasteiger partial charge on any atom is -0.478 e. The lowest BCUT2D eigenvalue weighted by Gasteiger charge is -2.05. The van der Waals surface area contributed by atoms with Crippen LogP contribution < -0.4 is 0 Å². The van der Waals surface area contributed by atoms with Gasteiger partial charge in [0.05, 0.1) is 5.56 Å². The Morgan fingerprint density at radius 1 is 1.58 bits per heavy atom. The normalized spacial score (nSPS) is 9.83. The lowest BCUT2D eigenvalue weighted by molar-refractivity contribution is 0.0696. The Morgan fingerprint density at radius 3 is 2.75 bits per heavy atom. The highest BCUT2D eigenvalue weighted by atomic mass is 16.4. The molecule has 0 spiro atoms. The summed E-state index contributed by atoms with van der Waals surface area (Å²) in [6, 6.07) is 5.25. The van der Waals surface area contributed by atoms with Gasteiger partial charge in [-0.2, -0.15) is 0 Å². The molecule has 0 amide bonds. The molecule has 1 aromatic carbocycles. The van der Waals surface area contributed by atoms with Crippen LogP contribution in [0.4, 0.5) is 0 Å². The fraction of sp³-hybridized carbons (Fsp3) is 0.200. The second kappa shape index (κ2) is 3.39. The zero-order valence-corrected chi connectivity index (χ0v) is 7.00. The Balaban J connectivity index is 3.23. The van der Waals surface area contributed by atoms with Crippen LogP contribution >= 0.6 is 0 Å². The average molecular weight is 163 g/mol. The number of rotatable bonds is 2. The van der Waals surface area contributed by atoms with E-state index in [0.717, 1.165) is 11.1 Å². The summed E-state index contributed by atoms with van der Waals surface area (Å²) in [5, 5.41) is 8.77. The van der Waals surface area contributed by atoms with Crippen molar-refractivity contribution >= 4 is 5.97 Å². The van der Waals surface area contributed by atoms with Gasteiger partial charge in [-0.25, -0.2) is 4.79 Å². The van der Waals surface area contributed by atoms with E-state index in [4.69, 9.17) is 5.11 Å². The van der Waals surface area contributed by atoms with E-state index in [0.29, 0.717) is 12.0 Å². The number of carboxylic acids is 1. The molecule has 0 heterocycles. The maximum atomic E-state index is 10.7. The van der Waals surface area contributed by atoms with Crippen LogP contribution in [0.5, 0.6) is 0 Å². The third-order valence-corrected chi connectivity index (χ3v) is 1.95. The lowest BCUT2D eigenvalue weighted by atomic mass is 10.0. The monoisotopic (exact) mass is 163 g/mol. The Hall–Kier alpha value is -1.31. The lowest BCUT2D eigenvalue weighted by Crippen LogP contribution is -2.01. The zero-order valence-electron chi connectivity index (χ0n) is 7.00. The van der Waals surface area contributed by atoms with Gasteiger partial charge in [-0.1, -0.05) is 12.1 Å². The third kappa shape index (κ3) is 1.47. The molecule has 0 saturated heterocycles. The molecule has 12 heavy (non-hydrogen) atoms. The number of hydrogen-bond acceptors (Lipinski definition) is 1. The first-order valence-corrected chi connectivity index (χ1v) is 3.78. The number of aromatic carboxylic acids is 1. The molecule has 1 radical (unpaired) electrons. The first-order valence-electron chi connectivity index (χ1n) is 3.78. The van der Waals surface area contributed by atoms with Crippen molar-refractivity contribution in [3.05, 3.63) is 41.8 Å². The largest absolute Gasteiger partial charge is 0.478 e. The van der Waals surface area contributed by atoms with Gasteiger partial charge in [-0.05, 0) is 37.5 Å². The van der Waals surface area contributed by atoms with Crippen LogP contribution in [0.1, 0.15) is 21.5 Å². The van der Waals surface area contributed by atoms with E-state index < -0.39 is 5.97 Å². The first-order chi connectivity index (χ1) is 5.66. The van der Waals surface area contributed by atoms with Gasteiger partial charge in [0.15, 0.2) is 0 Å². The van der Waals surface area contributed by atoms with E-state index in [2.05, 4.69) is 6.92 Å². The van der Waals surface area contributed by atoms with Crippen LogP contribution in [0.3, 0.4) is 0 Å². The van der Waals surface area contributed by atoms with E-state index in [9.17, 15) is 4.79 Å². The molecule has 0 saturated carbocycles. The smallest absolute Gasteiger partial charge is 0.335 e. The van der Waals surface area contributed by atoms with Crippen molar-refractivity contribution in [2.45, 2.75) is 13.3 Å². The molecule has 0 aliphatic carbocycles. The molecule has 0 bridgehead atoms. The first kappa shape index (κ1) is 8.78. The van der Waals surface area contributed by atoms with Crippen LogP contribution in [0.15, 0.2) is 18.2 Å². The summed E-state index contributed by atoms with van der Waals surface area (Å²) in [6.45, 7) is 5.53. The molecule has 0 aromatic heterocycles. The van der Waals surface area contributed by atoms with Crippen molar-refractivity contribution in [3.63, 3.8) is 0 Å². The van der Waals surface area contributed by atoms with Gasteiger partial charge in [-0.15, -0.1) is 0 Å². The molecular weight excluding hydrogens is 152 g/mol. The van der Waals surface area contributed by atoms with Gasteiger partial charge in [0.2, 0.25) is 0 Å². The maximum absolute atomic E-state index is 10.7. The predicted molar refractivity (Wildman–Crippen MR) is 47.2 cm³/mol. The van der Waals surface area contributed by atoms with Gasteiger partial charge in [0.25, 0.3) is 0 Å². The molecule has 2 heteroatoms. The Bertz CT molecular complexity index is 303. The topological polar surface area (TPSA) is 37.3 Å². The van der Waals surface area contributed by atoms with Crippen LogP contribution in [0.25, 0.3) is 0 Å². The molecule has 1 N–H and O–H groups in total. The van der Waals surface area contributed by atoms with Crippen LogP contribution in [0, 0.1) is 13.8 Å². The van der Waals surface area contributed by atoms with Gasteiger partial charge in [0, 0.05) is 0 Å². The van der Waals surface area contributed by atoms with Crippen LogP contribution in [-0.2, 0) is 6.42 Å². The maximum Gasteiger partial charge on any atom is 0.335 e. The summed E-state index contributed by atoms with van der Waals surface area (Å²) < 4.78 is 0. The average Bonchev–Trinajstić information content (AvgIpc) is 2.04. The van der Waals surface area contributed by atoms with Crippen molar-refractivity contribution in [1.29, 1.82) is 0 Å². The Kier molecular flexibility index (Phi) is 2.48. The second-order valence-electron chi connectivity index (χ2n) is 2.64. The number of hydrogen-bond donors (Lipinski definition) is 1. The summed E-state index contributed by atoms with van der Waals surface area (Å²) in [7, 11) is 0. The minimum absolute atomic E-state index is 0.371. The van der Waals surface area contributed by atoms with Crippen molar-refractivity contribution < 1.29 is 9.90 Å². The molecule has 0 fully saturated rings. The Labute approximate surface area is 71.8 Å². The van der Waals surface area contributed by atoms with E-state index in [1.807, 2.05) is 13.0 Å². The summed E-state index contributed by atoms with van der Waals surface area (Å²) in [4.78, 5) is 10.7. The summed E-state index contributed by atoms with van der Waals surface area (Å²) in [5.74, 6) is -0.872. The SMILES string of the molecule is [CH2]Cc1cccc(C(=O)O)c1C. The van der Waals surface area contributed by atoms with Gasteiger partial charge in [-0.3, -0.25) is 0 Å². The number of carboxylic acid groups (broad SMARTS) is 1. The minimum atomic E-state index is -0.872. The fourth-order valence-electron chi connectivity index (χ4n) is 1.19. The van der Waals surface area contributed by atoms with E-state index >= 15 is 0 Å². The van der Waals surface area contributed by atoms with Crippen molar-refractivity contribution in [2.24, 2.45) is 0 Å². The van der Waals surface area contributed by atoms with Gasteiger partial charge in [0.1, 0.15) is 0 Å². The van der Waals surface area contributed by atoms with Gasteiger partial charge < -0.3 is 5.11 Å². The van der Waals surface area contributed by atoms with Crippen molar-refractivity contribution in [3.8, 4) is 0 Å². The highest BCUT2D eigenvalue weighted by Crippen LogP contribution is 2.13. The third-order valence-electron chi connectivity index (χ3n) is 1.95. The predicted octanol–water partition coefficient (Wildman–Crippen LogP) is 2.07. The molecule has 1 aromatic rings. The molecule has 0 atom stereocenters. The van der Waals surface area contributed by atoms with E-state index in [1.54, 1.807) is 12.1 Å². The highest BCUT2D eigenvalue weighted by molar-refractivity contribution is 5.89. The van der Waals surface area contributed by atoms with Crippen LogP contribution in [-0.4, -0.2) is 11.1 Å². The molecule has 1 rings (SSSR count). The quantitative estimate of drug-likeness (QED) is 0.724. The molecule has 2 nitrogen and oxygen atoms in total. The highest BCUT2D eigenvalue weighted by Gasteiger charge is 2.07. The van der Waals surface area contributed by atoms with Gasteiger partial charge >= 0.3 is 5.97 Å². The molecule has 63 valence electrons. The molecular formula is C10H11O2. The summed E-state index contributed by atoms with van der Waals surface area (Å²) in [6.07, 6.45) is 0.632. The molecule has 0 aliphatic heterocycles. The second-order valence-corrected chi connectivity index (χ2v) is 2.64.